The molecule has 0 aliphatic carbocycles. The van der Waals surface area contributed by atoms with Crippen molar-refractivity contribution in [3.05, 3.63) is 0 Å². The fourth-order valence-corrected chi connectivity index (χ4v) is 1.00. The highest BCUT2D eigenvalue weighted by molar-refractivity contribution is 5.69. The summed E-state index contributed by atoms with van der Waals surface area (Å²) < 4.78 is 9.94. The summed E-state index contributed by atoms with van der Waals surface area (Å²) in [6.07, 6.45) is 1.32. The summed E-state index contributed by atoms with van der Waals surface area (Å²) in [4.78, 5) is 10.9. The fraction of sp³-hybridized carbons (Fsp3) is 0.900. The predicted molar refractivity (Wildman–Crippen MR) is 55.2 cm³/mol. The Morgan fingerprint density at radius 1 is 1.21 bits per heavy atom. The first-order valence-corrected chi connectivity index (χ1v) is 5.25. The van der Waals surface area contributed by atoms with Gasteiger partial charge in [-0.1, -0.05) is 0 Å². The third kappa shape index (κ3) is 9.48. The van der Waals surface area contributed by atoms with E-state index in [1.54, 1.807) is 0 Å². The highest BCUT2D eigenvalue weighted by Crippen LogP contribution is 1.90. The first kappa shape index (κ1) is 13.4. The second kappa shape index (κ2) is 10.5. The Morgan fingerprint density at radius 2 is 2.00 bits per heavy atom. The van der Waals surface area contributed by atoms with Gasteiger partial charge in [-0.15, -0.1) is 0 Å². The zero-order valence-corrected chi connectivity index (χ0v) is 9.17. The molecule has 0 fully saturated rings. The molecule has 0 aromatic rings. The summed E-state index contributed by atoms with van der Waals surface area (Å²) in [6.45, 7) is 7.43. The van der Waals surface area contributed by atoms with Crippen LogP contribution in [0.3, 0.4) is 0 Å². The third-order valence-electron chi connectivity index (χ3n) is 1.67. The predicted octanol–water partition coefficient (Wildman–Crippen LogP) is 0.956. The molecule has 0 bridgehead atoms. The molecule has 0 unspecified atom stereocenters. The molecular formula is C10H21NO3. The van der Waals surface area contributed by atoms with Gasteiger partial charge in [0.25, 0.3) is 0 Å². The van der Waals surface area contributed by atoms with E-state index in [-0.39, 0.29) is 5.97 Å². The molecule has 0 spiro atoms. The van der Waals surface area contributed by atoms with Crippen molar-refractivity contribution < 1.29 is 14.3 Å². The lowest BCUT2D eigenvalue weighted by atomic mass is 10.3. The molecule has 1 N–H and O–H groups in total. The molecule has 0 aliphatic rings. The molecule has 0 atom stereocenters. The average molecular weight is 203 g/mol. The summed E-state index contributed by atoms with van der Waals surface area (Å²) in [5, 5.41) is 3.18. The van der Waals surface area contributed by atoms with E-state index in [0.717, 1.165) is 32.7 Å². The lowest BCUT2D eigenvalue weighted by Gasteiger charge is -2.04. The van der Waals surface area contributed by atoms with Gasteiger partial charge in [-0.2, -0.15) is 0 Å². The van der Waals surface area contributed by atoms with E-state index in [2.05, 4.69) is 5.32 Å². The normalized spacial score (nSPS) is 10.1. The zero-order chi connectivity index (χ0) is 10.6. The molecule has 0 saturated carbocycles. The second-order valence-electron chi connectivity index (χ2n) is 2.86. The second-order valence-corrected chi connectivity index (χ2v) is 2.86. The molecule has 0 heterocycles. The lowest BCUT2D eigenvalue weighted by Crippen LogP contribution is -2.21. The highest BCUT2D eigenvalue weighted by atomic mass is 16.5. The molecule has 84 valence electrons. The van der Waals surface area contributed by atoms with E-state index in [1.807, 2.05) is 13.8 Å². The van der Waals surface area contributed by atoms with E-state index in [4.69, 9.17) is 9.47 Å². The van der Waals surface area contributed by atoms with E-state index in [9.17, 15) is 4.79 Å². The van der Waals surface area contributed by atoms with Gasteiger partial charge in [0, 0.05) is 19.6 Å². The van der Waals surface area contributed by atoms with Crippen LogP contribution >= 0.6 is 0 Å². The van der Waals surface area contributed by atoms with Gasteiger partial charge in [-0.05, 0) is 26.8 Å². The molecule has 0 radical (unpaired) electrons. The lowest BCUT2D eigenvalue weighted by molar-refractivity contribution is -0.143. The number of carbonyl (C=O) groups is 1. The largest absolute Gasteiger partial charge is 0.466 e. The number of nitrogens with one attached hydrogen (secondary N) is 1. The summed E-state index contributed by atoms with van der Waals surface area (Å²) >= 11 is 0. The molecule has 0 rings (SSSR count). The van der Waals surface area contributed by atoms with E-state index in [1.165, 1.54) is 0 Å². The maximum atomic E-state index is 10.9. The number of esters is 1. The molecule has 0 saturated heterocycles. The van der Waals surface area contributed by atoms with Crippen molar-refractivity contribution in [1.29, 1.82) is 0 Å². The number of hydrogen-bond acceptors (Lipinski definition) is 4. The zero-order valence-electron chi connectivity index (χ0n) is 9.17. The van der Waals surface area contributed by atoms with E-state index in [0.29, 0.717) is 13.0 Å². The Kier molecular flexibility index (Phi) is 10.0. The van der Waals surface area contributed by atoms with Crippen LogP contribution in [0.2, 0.25) is 0 Å². The van der Waals surface area contributed by atoms with Crippen LogP contribution in [0.4, 0.5) is 0 Å². The molecule has 0 amide bonds. The van der Waals surface area contributed by atoms with Gasteiger partial charge in [-0.25, -0.2) is 0 Å². The van der Waals surface area contributed by atoms with Crippen LogP contribution in [0.15, 0.2) is 0 Å². The van der Waals surface area contributed by atoms with E-state index >= 15 is 0 Å². The Bertz CT molecular complexity index is 139. The van der Waals surface area contributed by atoms with E-state index < -0.39 is 0 Å². The van der Waals surface area contributed by atoms with Crippen molar-refractivity contribution in [1.82, 2.24) is 5.32 Å². The van der Waals surface area contributed by atoms with Gasteiger partial charge in [0.05, 0.1) is 13.2 Å². The molecule has 0 aliphatic heterocycles. The van der Waals surface area contributed by atoms with Crippen molar-refractivity contribution in [2.45, 2.75) is 26.7 Å². The van der Waals surface area contributed by atoms with Crippen LogP contribution in [0.25, 0.3) is 0 Å². The van der Waals surface area contributed by atoms with Crippen molar-refractivity contribution in [2.75, 3.05) is 32.9 Å². The topological polar surface area (TPSA) is 47.6 Å². The molecular weight excluding hydrogens is 182 g/mol. The standard InChI is InChI=1S/C10H21NO3/c1-3-13-9-8-11-7-5-6-10(12)14-4-2/h11H,3-9H2,1-2H3. The molecule has 4 heteroatoms. The maximum Gasteiger partial charge on any atom is 0.305 e. The van der Waals surface area contributed by atoms with Gasteiger partial charge >= 0.3 is 5.97 Å². The average Bonchev–Trinajstić information content (AvgIpc) is 2.17. The Hall–Kier alpha value is -0.610. The minimum Gasteiger partial charge on any atom is -0.466 e. The Labute approximate surface area is 86.0 Å². The van der Waals surface area contributed by atoms with Crippen LogP contribution in [0.5, 0.6) is 0 Å². The van der Waals surface area contributed by atoms with Crippen LogP contribution in [-0.2, 0) is 14.3 Å². The quantitative estimate of drug-likeness (QED) is 0.448. The van der Waals surface area contributed by atoms with Gasteiger partial charge < -0.3 is 14.8 Å². The first-order chi connectivity index (χ1) is 6.81. The van der Waals surface area contributed by atoms with Crippen LogP contribution in [-0.4, -0.2) is 38.9 Å². The van der Waals surface area contributed by atoms with Crippen molar-refractivity contribution >= 4 is 5.97 Å². The van der Waals surface area contributed by atoms with Crippen LogP contribution < -0.4 is 5.32 Å². The van der Waals surface area contributed by atoms with Crippen LogP contribution in [0, 0.1) is 0 Å². The number of hydrogen-bond donors (Lipinski definition) is 1. The molecule has 14 heavy (non-hydrogen) atoms. The third-order valence-corrected chi connectivity index (χ3v) is 1.67. The van der Waals surface area contributed by atoms with Crippen molar-refractivity contribution in [3.8, 4) is 0 Å². The first-order valence-electron chi connectivity index (χ1n) is 5.25. The number of ether oxygens (including phenoxy) is 2. The smallest absolute Gasteiger partial charge is 0.305 e. The fourth-order valence-electron chi connectivity index (χ4n) is 1.00. The number of rotatable bonds is 9. The Balaban J connectivity index is 3.01. The van der Waals surface area contributed by atoms with Gasteiger partial charge in [0.15, 0.2) is 0 Å². The summed E-state index contributed by atoms with van der Waals surface area (Å²) in [5.41, 5.74) is 0. The molecule has 0 aromatic carbocycles. The maximum absolute atomic E-state index is 10.9. The molecule has 0 aromatic heterocycles. The highest BCUT2D eigenvalue weighted by Gasteiger charge is 1.99. The summed E-state index contributed by atoms with van der Waals surface area (Å²) in [7, 11) is 0. The summed E-state index contributed by atoms with van der Waals surface area (Å²) in [6, 6.07) is 0. The molecule has 4 nitrogen and oxygen atoms in total. The van der Waals surface area contributed by atoms with Crippen molar-refractivity contribution in [2.24, 2.45) is 0 Å². The minimum atomic E-state index is -0.112. The monoisotopic (exact) mass is 203 g/mol. The minimum absolute atomic E-state index is 0.112. The van der Waals surface area contributed by atoms with Crippen molar-refractivity contribution in [3.63, 3.8) is 0 Å². The summed E-state index contributed by atoms with van der Waals surface area (Å²) in [5.74, 6) is -0.112. The SMILES string of the molecule is CCOCCNCCCC(=O)OCC. The number of carbonyl (C=O) groups excluding carboxylic acids is 1. The van der Waals surface area contributed by atoms with Gasteiger partial charge in [0.2, 0.25) is 0 Å². The van der Waals surface area contributed by atoms with Gasteiger partial charge in [-0.3, -0.25) is 4.79 Å². The van der Waals surface area contributed by atoms with Gasteiger partial charge in [0.1, 0.15) is 0 Å². The van der Waals surface area contributed by atoms with Crippen LogP contribution in [0.1, 0.15) is 26.7 Å². The Morgan fingerprint density at radius 3 is 2.64 bits per heavy atom.